The van der Waals surface area contributed by atoms with E-state index in [0.29, 0.717) is 23.1 Å². The van der Waals surface area contributed by atoms with Crippen LogP contribution < -0.4 is 15.2 Å². The molecule has 1 aromatic carbocycles. The number of hydrogen-bond donors (Lipinski definition) is 1. The molecule has 82 valence electrons. The summed E-state index contributed by atoms with van der Waals surface area (Å²) in [5, 5.41) is 0. The van der Waals surface area contributed by atoms with Crippen LogP contribution in [0.4, 0.5) is 5.69 Å². The maximum absolute atomic E-state index is 5.57. The molecule has 5 nitrogen and oxygen atoms in total. The van der Waals surface area contributed by atoms with Gasteiger partial charge in [-0.1, -0.05) is 0 Å². The number of aromatic nitrogens is 2. The first-order valence-corrected chi connectivity index (χ1v) is 4.67. The Kier molecular flexibility index (Phi) is 2.86. The molecule has 2 rings (SSSR count). The SMILES string of the molecule is COc1ncncc1Oc1ccc(N)cc1. The van der Waals surface area contributed by atoms with Crippen LogP contribution in [0, 0.1) is 0 Å². The van der Waals surface area contributed by atoms with E-state index < -0.39 is 0 Å². The Bertz CT molecular complexity index is 471. The Morgan fingerprint density at radius 2 is 1.94 bits per heavy atom. The van der Waals surface area contributed by atoms with Gasteiger partial charge in [0.25, 0.3) is 5.88 Å². The van der Waals surface area contributed by atoms with Crippen LogP contribution in [-0.2, 0) is 0 Å². The van der Waals surface area contributed by atoms with Crippen LogP contribution in [0.25, 0.3) is 0 Å². The van der Waals surface area contributed by atoms with E-state index in [1.54, 1.807) is 30.5 Å². The van der Waals surface area contributed by atoms with Gasteiger partial charge in [0.2, 0.25) is 5.75 Å². The summed E-state index contributed by atoms with van der Waals surface area (Å²) in [5.41, 5.74) is 6.26. The molecule has 0 aliphatic heterocycles. The van der Waals surface area contributed by atoms with Crippen molar-refractivity contribution in [2.45, 2.75) is 0 Å². The zero-order chi connectivity index (χ0) is 11.4. The summed E-state index contributed by atoms with van der Waals surface area (Å²) in [6.07, 6.45) is 2.94. The van der Waals surface area contributed by atoms with E-state index in [1.165, 1.54) is 13.4 Å². The number of rotatable bonds is 3. The molecule has 0 bridgehead atoms. The third-order valence-corrected chi connectivity index (χ3v) is 1.95. The number of nitrogen functional groups attached to an aromatic ring is 1. The molecule has 0 amide bonds. The number of anilines is 1. The van der Waals surface area contributed by atoms with Crippen LogP contribution in [-0.4, -0.2) is 17.1 Å². The number of nitrogens with two attached hydrogens (primary N) is 1. The van der Waals surface area contributed by atoms with Crippen molar-refractivity contribution in [2.24, 2.45) is 0 Å². The Hall–Kier alpha value is -2.30. The molecular formula is C11H11N3O2. The van der Waals surface area contributed by atoms with Crippen LogP contribution in [0.1, 0.15) is 0 Å². The molecule has 0 radical (unpaired) electrons. The van der Waals surface area contributed by atoms with E-state index >= 15 is 0 Å². The highest BCUT2D eigenvalue weighted by Gasteiger charge is 2.06. The summed E-state index contributed by atoms with van der Waals surface area (Å²) < 4.78 is 10.6. The summed E-state index contributed by atoms with van der Waals surface area (Å²) >= 11 is 0. The van der Waals surface area contributed by atoms with Crippen LogP contribution in [0.15, 0.2) is 36.8 Å². The molecule has 0 unspecified atom stereocenters. The van der Waals surface area contributed by atoms with Crippen molar-refractivity contribution >= 4 is 5.69 Å². The van der Waals surface area contributed by atoms with Crippen molar-refractivity contribution in [2.75, 3.05) is 12.8 Å². The van der Waals surface area contributed by atoms with Gasteiger partial charge in [-0.2, -0.15) is 4.98 Å². The minimum absolute atomic E-state index is 0.395. The van der Waals surface area contributed by atoms with Gasteiger partial charge in [-0.05, 0) is 24.3 Å². The van der Waals surface area contributed by atoms with E-state index in [9.17, 15) is 0 Å². The van der Waals surface area contributed by atoms with Gasteiger partial charge in [0, 0.05) is 5.69 Å². The third-order valence-electron chi connectivity index (χ3n) is 1.95. The fourth-order valence-electron chi connectivity index (χ4n) is 1.19. The molecule has 2 N–H and O–H groups in total. The highest BCUT2D eigenvalue weighted by atomic mass is 16.5. The van der Waals surface area contributed by atoms with E-state index in [-0.39, 0.29) is 0 Å². The molecule has 2 aromatic rings. The minimum atomic E-state index is 0.395. The summed E-state index contributed by atoms with van der Waals surface area (Å²) in [6.45, 7) is 0. The molecule has 0 saturated heterocycles. The molecule has 0 atom stereocenters. The Labute approximate surface area is 92.9 Å². The molecule has 1 aromatic heterocycles. The fourth-order valence-corrected chi connectivity index (χ4v) is 1.19. The van der Waals surface area contributed by atoms with E-state index in [4.69, 9.17) is 15.2 Å². The predicted molar refractivity (Wildman–Crippen MR) is 59.5 cm³/mol. The molecule has 0 aliphatic carbocycles. The second kappa shape index (κ2) is 4.48. The van der Waals surface area contributed by atoms with E-state index in [0.717, 1.165) is 0 Å². The highest BCUT2D eigenvalue weighted by Crippen LogP contribution is 2.28. The topological polar surface area (TPSA) is 70.3 Å². The lowest BCUT2D eigenvalue weighted by molar-refractivity contribution is 0.361. The average molecular weight is 217 g/mol. The van der Waals surface area contributed by atoms with Gasteiger partial charge in [-0.25, -0.2) is 4.98 Å². The number of methoxy groups -OCH3 is 1. The van der Waals surface area contributed by atoms with Gasteiger partial charge in [-0.3, -0.25) is 0 Å². The molecule has 0 fully saturated rings. The first-order valence-electron chi connectivity index (χ1n) is 4.67. The lowest BCUT2D eigenvalue weighted by Crippen LogP contribution is -1.94. The molecule has 1 heterocycles. The number of benzene rings is 1. The van der Waals surface area contributed by atoms with Crippen LogP contribution in [0.5, 0.6) is 17.4 Å². The van der Waals surface area contributed by atoms with Crippen molar-refractivity contribution < 1.29 is 9.47 Å². The van der Waals surface area contributed by atoms with Gasteiger partial charge >= 0.3 is 0 Å². The molecular weight excluding hydrogens is 206 g/mol. The van der Waals surface area contributed by atoms with Crippen LogP contribution >= 0.6 is 0 Å². The third kappa shape index (κ3) is 2.20. The lowest BCUT2D eigenvalue weighted by Gasteiger charge is -2.08. The number of ether oxygens (including phenoxy) is 2. The van der Waals surface area contributed by atoms with Crippen molar-refractivity contribution in [1.82, 2.24) is 9.97 Å². The largest absolute Gasteiger partial charge is 0.478 e. The standard InChI is InChI=1S/C11H11N3O2/c1-15-11-10(6-13-7-14-11)16-9-4-2-8(12)3-5-9/h2-7H,12H2,1H3. The van der Waals surface area contributed by atoms with Crippen molar-refractivity contribution in [3.63, 3.8) is 0 Å². The van der Waals surface area contributed by atoms with Gasteiger partial charge in [0.15, 0.2) is 0 Å². The van der Waals surface area contributed by atoms with Crippen LogP contribution in [0.2, 0.25) is 0 Å². The lowest BCUT2D eigenvalue weighted by atomic mass is 10.3. The highest BCUT2D eigenvalue weighted by molar-refractivity contribution is 5.43. The van der Waals surface area contributed by atoms with Gasteiger partial charge in [0.05, 0.1) is 13.3 Å². The number of nitrogens with zero attached hydrogens (tertiary/aromatic N) is 2. The fraction of sp³-hybridized carbons (Fsp3) is 0.0909. The van der Waals surface area contributed by atoms with Gasteiger partial charge < -0.3 is 15.2 Å². The predicted octanol–water partition coefficient (Wildman–Crippen LogP) is 1.86. The molecule has 0 aliphatic rings. The Balaban J connectivity index is 2.23. The van der Waals surface area contributed by atoms with E-state index in [2.05, 4.69) is 9.97 Å². The monoisotopic (exact) mass is 217 g/mol. The van der Waals surface area contributed by atoms with Crippen molar-refractivity contribution in [3.8, 4) is 17.4 Å². The maximum Gasteiger partial charge on any atom is 0.260 e. The normalized spacial score (nSPS) is 9.81. The Morgan fingerprint density at radius 1 is 1.19 bits per heavy atom. The summed E-state index contributed by atoms with van der Waals surface area (Å²) in [5.74, 6) is 1.52. The summed E-state index contributed by atoms with van der Waals surface area (Å²) in [6, 6.07) is 7.04. The zero-order valence-corrected chi connectivity index (χ0v) is 8.75. The van der Waals surface area contributed by atoms with E-state index in [1.807, 2.05) is 0 Å². The first-order chi connectivity index (χ1) is 7.79. The Morgan fingerprint density at radius 3 is 2.62 bits per heavy atom. The second-order valence-electron chi connectivity index (χ2n) is 3.07. The minimum Gasteiger partial charge on any atom is -0.478 e. The van der Waals surface area contributed by atoms with Crippen LogP contribution in [0.3, 0.4) is 0 Å². The molecule has 16 heavy (non-hydrogen) atoms. The van der Waals surface area contributed by atoms with Crippen molar-refractivity contribution in [3.05, 3.63) is 36.8 Å². The first kappa shape index (κ1) is 10.2. The molecule has 0 spiro atoms. The van der Waals surface area contributed by atoms with Gasteiger partial charge in [0.1, 0.15) is 12.1 Å². The summed E-state index contributed by atoms with van der Waals surface area (Å²) in [7, 11) is 1.53. The van der Waals surface area contributed by atoms with Gasteiger partial charge in [-0.15, -0.1) is 0 Å². The summed E-state index contributed by atoms with van der Waals surface area (Å²) in [4.78, 5) is 7.79. The zero-order valence-electron chi connectivity index (χ0n) is 8.75. The second-order valence-corrected chi connectivity index (χ2v) is 3.07. The van der Waals surface area contributed by atoms with Crippen molar-refractivity contribution in [1.29, 1.82) is 0 Å². The molecule has 0 saturated carbocycles. The average Bonchev–Trinajstić information content (AvgIpc) is 2.33. The quantitative estimate of drug-likeness (QED) is 0.794. The maximum atomic E-state index is 5.57. The number of hydrogen-bond acceptors (Lipinski definition) is 5. The molecule has 5 heteroatoms. The smallest absolute Gasteiger partial charge is 0.260 e.